The molecule has 1 saturated heterocycles. The molecule has 0 bridgehead atoms. The molecule has 0 spiro atoms. The molecule has 7 heteroatoms. The highest BCUT2D eigenvalue weighted by Gasteiger charge is 2.14. The first-order valence-corrected chi connectivity index (χ1v) is 9.73. The van der Waals surface area contributed by atoms with Crippen molar-refractivity contribution >= 4 is 51.5 Å². The van der Waals surface area contributed by atoms with Crippen LogP contribution in [0.15, 0.2) is 36.4 Å². The zero-order valence-corrected chi connectivity index (χ0v) is 17.8. The van der Waals surface area contributed by atoms with Crippen molar-refractivity contribution in [2.75, 3.05) is 58.7 Å². The molecule has 3 aromatic rings. The van der Waals surface area contributed by atoms with Gasteiger partial charge in [0.25, 0.3) is 0 Å². The summed E-state index contributed by atoms with van der Waals surface area (Å²) in [4.78, 5) is 9.67. The van der Waals surface area contributed by atoms with Crippen molar-refractivity contribution in [3.63, 3.8) is 0 Å². The number of nitrogens with one attached hydrogen (secondary N) is 1. The molecule has 5 nitrogen and oxygen atoms in total. The molecule has 4 rings (SSSR count). The molecule has 1 aromatic heterocycles. The normalized spacial score (nSPS) is 15.5. The van der Waals surface area contributed by atoms with Gasteiger partial charge in [-0.15, -0.1) is 12.4 Å². The van der Waals surface area contributed by atoms with E-state index < -0.39 is 0 Å². The zero-order chi connectivity index (χ0) is 18.8. The van der Waals surface area contributed by atoms with Gasteiger partial charge in [0.1, 0.15) is 5.75 Å². The van der Waals surface area contributed by atoms with Crippen molar-refractivity contribution in [3.8, 4) is 5.75 Å². The van der Waals surface area contributed by atoms with Crippen LogP contribution in [0, 0.1) is 0 Å². The highest BCUT2D eigenvalue weighted by molar-refractivity contribution is 6.31. The Hall–Kier alpha value is -1.79. The number of fused-ring (bicyclic) bond motifs is 2. The molecule has 0 atom stereocenters. The average molecular weight is 421 g/mol. The first-order valence-electron chi connectivity index (χ1n) is 9.36. The van der Waals surface area contributed by atoms with E-state index in [1.807, 2.05) is 30.3 Å². The molecule has 0 radical (unpaired) electrons. The number of nitrogens with zero attached hydrogens (tertiary/aromatic N) is 3. The Labute approximate surface area is 177 Å². The van der Waals surface area contributed by atoms with Crippen LogP contribution in [0.3, 0.4) is 0 Å². The minimum Gasteiger partial charge on any atom is -0.497 e. The Morgan fingerprint density at radius 1 is 1.04 bits per heavy atom. The Balaban J connectivity index is 0.00000225. The van der Waals surface area contributed by atoms with Gasteiger partial charge in [0.15, 0.2) is 0 Å². The van der Waals surface area contributed by atoms with E-state index in [0.717, 1.165) is 72.5 Å². The van der Waals surface area contributed by atoms with E-state index in [-0.39, 0.29) is 12.4 Å². The number of rotatable bonds is 5. The third-order valence-corrected chi connectivity index (χ3v) is 5.50. The fraction of sp³-hybridized carbons (Fsp3) is 0.381. The number of halogens is 2. The highest BCUT2D eigenvalue weighted by atomic mass is 35.5. The van der Waals surface area contributed by atoms with Crippen LogP contribution in [-0.2, 0) is 0 Å². The molecule has 150 valence electrons. The van der Waals surface area contributed by atoms with Gasteiger partial charge in [-0.05, 0) is 43.4 Å². The van der Waals surface area contributed by atoms with Gasteiger partial charge in [0.05, 0.1) is 23.8 Å². The number of piperazine rings is 1. The van der Waals surface area contributed by atoms with Gasteiger partial charge in [-0.1, -0.05) is 11.6 Å². The summed E-state index contributed by atoms with van der Waals surface area (Å²) < 4.78 is 5.43. The molecule has 2 aromatic carbocycles. The van der Waals surface area contributed by atoms with Crippen molar-refractivity contribution < 1.29 is 4.74 Å². The first-order chi connectivity index (χ1) is 13.1. The monoisotopic (exact) mass is 420 g/mol. The smallest absolute Gasteiger partial charge is 0.119 e. The second kappa shape index (κ2) is 9.14. The van der Waals surface area contributed by atoms with Crippen LogP contribution >= 0.6 is 24.0 Å². The number of pyridine rings is 1. The summed E-state index contributed by atoms with van der Waals surface area (Å²) in [5.74, 6) is 0.833. The fourth-order valence-electron chi connectivity index (χ4n) is 3.62. The minimum atomic E-state index is 0. The standard InChI is InChI=1S/C21H25ClN4O.ClH/c1-25-9-11-26(12-10-25)8-7-23-21-17-5-3-15(22)13-20(17)24-19-6-4-16(27-2)14-18(19)21;/h3-6,13-14H,7-12H2,1-2H3,(H,23,24);1H. The summed E-state index contributed by atoms with van der Waals surface area (Å²) in [6.45, 7) is 6.43. The largest absolute Gasteiger partial charge is 0.497 e. The molecule has 2 heterocycles. The minimum absolute atomic E-state index is 0. The lowest BCUT2D eigenvalue weighted by atomic mass is 10.1. The summed E-state index contributed by atoms with van der Waals surface area (Å²) in [7, 11) is 3.87. The van der Waals surface area contributed by atoms with Crippen molar-refractivity contribution in [2.24, 2.45) is 0 Å². The van der Waals surface area contributed by atoms with E-state index in [4.69, 9.17) is 21.3 Å². The molecule has 1 aliphatic rings. The van der Waals surface area contributed by atoms with Crippen LogP contribution in [0.2, 0.25) is 5.02 Å². The lowest BCUT2D eigenvalue weighted by Crippen LogP contribution is -2.45. The highest BCUT2D eigenvalue weighted by Crippen LogP contribution is 2.34. The molecule has 1 fully saturated rings. The number of aromatic nitrogens is 1. The van der Waals surface area contributed by atoms with Gasteiger partial charge < -0.3 is 15.0 Å². The Kier molecular flexibility index (Phi) is 6.83. The molecule has 0 aliphatic carbocycles. The number of ether oxygens (including phenoxy) is 1. The lowest BCUT2D eigenvalue weighted by Gasteiger charge is -2.32. The summed E-state index contributed by atoms with van der Waals surface area (Å²) in [6.07, 6.45) is 0. The molecule has 0 unspecified atom stereocenters. The second-order valence-electron chi connectivity index (χ2n) is 7.10. The average Bonchev–Trinajstić information content (AvgIpc) is 2.68. The third kappa shape index (κ3) is 4.44. The van der Waals surface area contributed by atoms with Crippen LogP contribution in [0.5, 0.6) is 5.75 Å². The van der Waals surface area contributed by atoms with Crippen molar-refractivity contribution in [1.82, 2.24) is 14.8 Å². The van der Waals surface area contributed by atoms with E-state index in [1.165, 1.54) is 0 Å². The summed E-state index contributed by atoms with van der Waals surface area (Å²) in [5, 5.41) is 6.52. The maximum atomic E-state index is 6.20. The fourth-order valence-corrected chi connectivity index (χ4v) is 3.79. The Morgan fingerprint density at radius 3 is 2.57 bits per heavy atom. The number of anilines is 1. The Bertz CT molecular complexity index is 958. The Morgan fingerprint density at radius 2 is 1.82 bits per heavy atom. The number of hydrogen-bond acceptors (Lipinski definition) is 5. The summed E-state index contributed by atoms with van der Waals surface area (Å²) in [6, 6.07) is 11.9. The first kappa shape index (κ1) is 20.9. The summed E-state index contributed by atoms with van der Waals surface area (Å²) >= 11 is 6.20. The molecule has 1 N–H and O–H groups in total. The van der Waals surface area contributed by atoms with Gasteiger partial charge in [0.2, 0.25) is 0 Å². The van der Waals surface area contributed by atoms with Gasteiger partial charge in [-0.25, -0.2) is 4.98 Å². The van der Waals surface area contributed by atoms with Crippen LogP contribution in [-0.4, -0.2) is 68.2 Å². The van der Waals surface area contributed by atoms with Crippen LogP contribution in [0.4, 0.5) is 5.69 Å². The number of benzene rings is 2. The van der Waals surface area contributed by atoms with Gasteiger partial charge in [-0.3, -0.25) is 4.90 Å². The molecule has 0 saturated carbocycles. The van der Waals surface area contributed by atoms with Gasteiger partial charge in [0, 0.05) is 55.1 Å². The van der Waals surface area contributed by atoms with Gasteiger partial charge >= 0.3 is 0 Å². The van der Waals surface area contributed by atoms with Crippen molar-refractivity contribution in [1.29, 1.82) is 0 Å². The molecular formula is C21H26Cl2N4O. The molecule has 0 amide bonds. The van der Waals surface area contributed by atoms with E-state index in [0.29, 0.717) is 5.02 Å². The predicted molar refractivity (Wildman–Crippen MR) is 120 cm³/mol. The second-order valence-corrected chi connectivity index (χ2v) is 7.54. The van der Waals surface area contributed by atoms with Crippen LogP contribution < -0.4 is 10.1 Å². The summed E-state index contributed by atoms with van der Waals surface area (Å²) in [5.41, 5.74) is 2.94. The topological polar surface area (TPSA) is 40.6 Å². The SMILES string of the molecule is COc1ccc2nc3cc(Cl)ccc3c(NCCN3CCN(C)CC3)c2c1.Cl. The maximum Gasteiger partial charge on any atom is 0.119 e. The maximum absolute atomic E-state index is 6.20. The van der Waals surface area contributed by atoms with E-state index in [1.54, 1.807) is 7.11 Å². The zero-order valence-electron chi connectivity index (χ0n) is 16.2. The van der Waals surface area contributed by atoms with E-state index in [2.05, 4.69) is 28.2 Å². The number of hydrogen-bond donors (Lipinski definition) is 1. The number of likely N-dealkylation sites (N-methyl/N-ethyl adjacent to an activating group) is 1. The van der Waals surface area contributed by atoms with Crippen LogP contribution in [0.1, 0.15) is 0 Å². The van der Waals surface area contributed by atoms with Crippen molar-refractivity contribution in [3.05, 3.63) is 41.4 Å². The third-order valence-electron chi connectivity index (χ3n) is 5.27. The lowest BCUT2D eigenvalue weighted by molar-refractivity contribution is 0.158. The molecular weight excluding hydrogens is 395 g/mol. The van der Waals surface area contributed by atoms with E-state index >= 15 is 0 Å². The molecule has 28 heavy (non-hydrogen) atoms. The van der Waals surface area contributed by atoms with Gasteiger partial charge in [-0.2, -0.15) is 0 Å². The van der Waals surface area contributed by atoms with E-state index in [9.17, 15) is 0 Å². The van der Waals surface area contributed by atoms with Crippen LogP contribution in [0.25, 0.3) is 21.8 Å². The quantitative estimate of drug-likeness (QED) is 0.628. The van der Waals surface area contributed by atoms with Crippen molar-refractivity contribution in [2.45, 2.75) is 0 Å². The molecule has 1 aliphatic heterocycles. The predicted octanol–water partition coefficient (Wildman–Crippen LogP) is 4.13. The number of methoxy groups -OCH3 is 1.